The monoisotopic (exact) mass is 308 g/mol. The van der Waals surface area contributed by atoms with E-state index in [9.17, 15) is 9.18 Å². The number of amides is 1. The van der Waals surface area contributed by atoms with Gasteiger partial charge in [0.15, 0.2) is 0 Å². The van der Waals surface area contributed by atoms with Gasteiger partial charge in [0.25, 0.3) is 0 Å². The Morgan fingerprint density at radius 1 is 1.32 bits per heavy atom. The molecule has 1 aromatic carbocycles. The number of aliphatic hydroxyl groups is 1. The van der Waals surface area contributed by atoms with E-state index in [-0.39, 0.29) is 24.4 Å². The van der Waals surface area contributed by atoms with Crippen molar-refractivity contribution in [3.63, 3.8) is 0 Å². The number of halogens is 1. The minimum absolute atomic E-state index is 0.103. The smallest absolute Gasteiger partial charge is 0.224 e. The zero-order valence-electron chi connectivity index (χ0n) is 13.3. The molecule has 2 rings (SSSR count). The Labute approximate surface area is 131 Å². The summed E-state index contributed by atoms with van der Waals surface area (Å²) in [5.41, 5.74) is 0.941. The quantitative estimate of drug-likeness (QED) is 0.903. The van der Waals surface area contributed by atoms with Crippen molar-refractivity contribution >= 4 is 5.91 Å². The largest absolute Gasteiger partial charge is 0.395 e. The van der Waals surface area contributed by atoms with Crippen LogP contribution >= 0.6 is 0 Å². The lowest BCUT2D eigenvalue weighted by Gasteiger charge is -2.34. The molecule has 1 N–H and O–H groups in total. The number of nitrogens with zero attached hydrogens (tertiary/aromatic N) is 2. The molecule has 1 aromatic rings. The van der Waals surface area contributed by atoms with E-state index < -0.39 is 0 Å². The van der Waals surface area contributed by atoms with Gasteiger partial charge in [-0.05, 0) is 23.6 Å². The molecule has 0 radical (unpaired) electrons. The molecule has 5 heteroatoms. The van der Waals surface area contributed by atoms with Gasteiger partial charge >= 0.3 is 0 Å². The normalized spacial score (nSPS) is 20.5. The molecule has 0 unspecified atom stereocenters. The Kier molecular flexibility index (Phi) is 5.91. The van der Waals surface area contributed by atoms with E-state index in [0.717, 1.165) is 12.1 Å². The molecule has 1 aliphatic heterocycles. The van der Waals surface area contributed by atoms with Crippen LogP contribution in [0.3, 0.4) is 0 Å². The first-order valence-corrected chi connectivity index (χ1v) is 7.88. The Hall–Kier alpha value is -1.46. The van der Waals surface area contributed by atoms with Crippen LogP contribution in [0.25, 0.3) is 0 Å². The van der Waals surface area contributed by atoms with E-state index in [0.29, 0.717) is 32.0 Å². The maximum Gasteiger partial charge on any atom is 0.224 e. The van der Waals surface area contributed by atoms with Crippen molar-refractivity contribution in [2.75, 3.05) is 26.2 Å². The number of benzene rings is 1. The van der Waals surface area contributed by atoms with Gasteiger partial charge in [0.05, 0.1) is 6.61 Å². The molecular formula is C17H25FN2O2. The van der Waals surface area contributed by atoms with E-state index in [1.807, 2.05) is 4.90 Å². The summed E-state index contributed by atoms with van der Waals surface area (Å²) in [6.45, 7) is 6.89. The topological polar surface area (TPSA) is 43.8 Å². The molecule has 1 heterocycles. The Bertz CT molecular complexity index is 490. The summed E-state index contributed by atoms with van der Waals surface area (Å²) in [6.07, 6.45) is 0.463. The van der Waals surface area contributed by atoms with Crippen LogP contribution in [-0.4, -0.2) is 53.1 Å². The van der Waals surface area contributed by atoms with Gasteiger partial charge in [-0.2, -0.15) is 0 Å². The molecular weight excluding hydrogens is 283 g/mol. The first kappa shape index (κ1) is 16.9. The van der Waals surface area contributed by atoms with Crippen molar-refractivity contribution < 1.29 is 14.3 Å². The lowest BCUT2D eigenvalue weighted by molar-refractivity contribution is -0.134. The second-order valence-electron chi connectivity index (χ2n) is 6.23. The van der Waals surface area contributed by atoms with Crippen molar-refractivity contribution in [3.8, 4) is 0 Å². The van der Waals surface area contributed by atoms with Gasteiger partial charge in [0.1, 0.15) is 5.82 Å². The second kappa shape index (κ2) is 7.70. The Morgan fingerprint density at radius 2 is 2.00 bits per heavy atom. The third-order valence-corrected chi connectivity index (χ3v) is 4.26. The molecule has 1 atom stereocenters. The first-order chi connectivity index (χ1) is 10.5. The molecule has 4 nitrogen and oxygen atoms in total. The number of hydrogen-bond acceptors (Lipinski definition) is 3. The molecule has 0 spiro atoms. The van der Waals surface area contributed by atoms with Crippen molar-refractivity contribution in [3.05, 3.63) is 35.6 Å². The SMILES string of the molecule is CC(C)[C@@H]1CN(CCO)CCC(=O)N1Cc1ccc(F)cc1. The number of β-amino-alcohol motifs (C(OH)–C–C–N with tert-alkyl or cyclic N) is 1. The molecule has 1 fully saturated rings. The predicted octanol–water partition coefficient (Wildman–Crippen LogP) is 1.88. The minimum Gasteiger partial charge on any atom is -0.395 e. The second-order valence-corrected chi connectivity index (χ2v) is 6.23. The van der Waals surface area contributed by atoms with Crippen LogP contribution in [-0.2, 0) is 11.3 Å². The molecule has 0 aromatic heterocycles. The van der Waals surface area contributed by atoms with Crippen LogP contribution in [0.2, 0.25) is 0 Å². The van der Waals surface area contributed by atoms with Crippen LogP contribution in [0, 0.1) is 11.7 Å². The van der Waals surface area contributed by atoms with Crippen LogP contribution in [0.1, 0.15) is 25.8 Å². The van der Waals surface area contributed by atoms with Gasteiger partial charge in [0.2, 0.25) is 5.91 Å². The number of carbonyl (C=O) groups is 1. The molecule has 0 bridgehead atoms. The highest BCUT2D eigenvalue weighted by molar-refractivity contribution is 5.77. The van der Waals surface area contributed by atoms with Gasteiger partial charge in [-0.25, -0.2) is 4.39 Å². The van der Waals surface area contributed by atoms with E-state index in [1.54, 1.807) is 12.1 Å². The fourth-order valence-corrected chi connectivity index (χ4v) is 2.94. The number of carbonyl (C=O) groups excluding carboxylic acids is 1. The highest BCUT2D eigenvalue weighted by atomic mass is 19.1. The molecule has 1 saturated heterocycles. The fourth-order valence-electron chi connectivity index (χ4n) is 2.94. The zero-order valence-corrected chi connectivity index (χ0v) is 13.3. The van der Waals surface area contributed by atoms with Crippen LogP contribution < -0.4 is 0 Å². The summed E-state index contributed by atoms with van der Waals surface area (Å²) in [5.74, 6) is 0.188. The summed E-state index contributed by atoms with van der Waals surface area (Å²) in [5, 5.41) is 9.15. The zero-order chi connectivity index (χ0) is 16.1. The van der Waals surface area contributed by atoms with Crippen LogP contribution in [0.4, 0.5) is 4.39 Å². The molecule has 0 aliphatic carbocycles. The lowest BCUT2D eigenvalue weighted by Crippen LogP contribution is -2.46. The molecule has 0 saturated carbocycles. The highest BCUT2D eigenvalue weighted by Crippen LogP contribution is 2.21. The summed E-state index contributed by atoms with van der Waals surface area (Å²) >= 11 is 0. The summed E-state index contributed by atoms with van der Waals surface area (Å²) in [6, 6.07) is 6.43. The third kappa shape index (κ3) is 4.27. The van der Waals surface area contributed by atoms with E-state index in [2.05, 4.69) is 18.7 Å². The summed E-state index contributed by atoms with van der Waals surface area (Å²) in [7, 11) is 0. The molecule has 1 amide bonds. The Balaban J connectivity index is 2.17. The van der Waals surface area contributed by atoms with E-state index >= 15 is 0 Å². The van der Waals surface area contributed by atoms with Crippen LogP contribution in [0.5, 0.6) is 0 Å². The maximum atomic E-state index is 13.0. The van der Waals surface area contributed by atoms with Gasteiger partial charge in [0, 0.05) is 38.6 Å². The molecule has 1 aliphatic rings. The molecule has 122 valence electrons. The van der Waals surface area contributed by atoms with Gasteiger partial charge < -0.3 is 10.0 Å². The van der Waals surface area contributed by atoms with Crippen LogP contribution in [0.15, 0.2) is 24.3 Å². The third-order valence-electron chi connectivity index (χ3n) is 4.26. The number of hydrogen-bond donors (Lipinski definition) is 1. The van der Waals surface area contributed by atoms with Crippen molar-refractivity contribution in [2.24, 2.45) is 5.92 Å². The minimum atomic E-state index is -0.263. The van der Waals surface area contributed by atoms with Gasteiger partial charge in [-0.1, -0.05) is 26.0 Å². The lowest BCUT2D eigenvalue weighted by atomic mass is 10.0. The summed E-state index contributed by atoms with van der Waals surface area (Å²) in [4.78, 5) is 16.6. The highest BCUT2D eigenvalue weighted by Gasteiger charge is 2.31. The fraction of sp³-hybridized carbons (Fsp3) is 0.588. The molecule has 22 heavy (non-hydrogen) atoms. The van der Waals surface area contributed by atoms with Crippen molar-refractivity contribution in [2.45, 2.75) is 32.9 Å². The van der Waals surface area contributed by atoms with E-state index in [4.69, 9.17) is 5.11 Å². The number of rotatable bonds is 5. The van der Waals surface area contributed by atoms with Crippen molar-refractivity contribution in [1.82, 2.24) is 9.80 Å². The average Bonchev–Trinajstić information content (AvgIpc) is 2.63. The van der Waals surface area contributed by atoms with Gasteiger partial charge in [-0.3, -0.25) is 9.69 Å². The Morgan fingerprint density at radius 3 is 2.59 bits per heavy atom. The number of aliphatic hydroxyl groups excluding tert-OH is 1. The maximum absolute atomic E-state index is 13.0. The predicted molar refractivity (Wildman–Crippen MR) is 83.7 cm³/mol. The van der Waals surface area contributed by atoms with Gasteiger partial charge in [-0.15, -0.1) is 0 Å². The standard InChI is InChI=1S/C17H25FN2O2/c1-13(2)16-12-19(9-10-21)8-7-17(22)20(16)11-14-3-5-15(18)6-4-14/h3-6,13,16,21H,7-12H2,1-2H3/t16-/m0/s1. The first-order valence-electron chi connectivity index (χ1n) is 7.88. The van der Waals surface area contributed by atoms with Crippen molar-refractivity contribution in [1.29, 1.82) is 0 Å². The van der Waals surface area contributed by atoms with E-state index in [1.165, 1.54) is 12.1 Å². The average molecular weight is 308 g/mol. The summed E-state index contributed by atoms with van der Waals surface area (Å²) < 4.78 is 13.0.